The molecule has 2 fully saturated rings. The van der Waals surface area contributed by atoms with Crippen molar-refractivity contribution in [1.82, 2.24) is 14.8 Å². The largest absolute Gasteiger partial charge is 0.477 e. The summed E-state index contributed by atoms with van der Waals surface area (Å²) in [5.41, 5.74) is 6.49. The molecular weight excluding hydrogens is 414 g/mol. The van der Waals surface area contributed by atoms with Gasteiger partial charge in [0.05, 0.1) is 23.8 Å². The van der Waals surface area contributed by atoms with E-state index in [4.69, 9.17) is 11.1 Å². The van der Waals surface area contributed by atoms with Crippen LogP contribution in [0.5, 0.6) is 0 Å². The fourth-order valence-corrected chi connectivity index (χ4v) is 6.65. The first-order chi connectivity index (χ1) is 13.7. The van der Waals surface area contributed by atoms with Crippen molar-refractivity contribution in [3.63, 3.8) is 0 Å². The Balaban J connectivity index is 1.55. The van der Waals surface area contributed by atoms with Crippen LogP contribution in [0.4, 0.5) is 0 Å². The number of nitrogens with one attached hydrogen (secondary N) is 1. The normalized spacial score (nSPS) is 29.8. The molecule has 0 aromatic carbocycles. The van der Waals surface area contributed by atoms with Crippen molar-refractivity contribution in [2.45, 2.75) is 42.7 Å². The van der Waals surface area contributed by atoms with Crippen LogP contribution in [0.25, 0.3) is 0 Å². The van der Waals surface area contributed by atoms with E-state index in [0.717, 1.165) is 23.0 Å². The number of β-lactam (4-membered cyclic amide) rings is 1. The number of fused-ring (bicyclic) bond motifs is 1. The molecule has 156 valence electrons. The number of thiazole rings is 1. The summed E-state index contributed by atoms with van der Waals surface area (Å²) in [7, 11) is 0. The lowest BCUT2D eigenvalue weighted by Gasteiger charge is -2.46. The van der Waals surface area contributed by atoms with Crippen LogP contribution >= 0.6 is 23.1 Å². The van der Waals surface area contributed by atoms with E-state index in [-0.39, 0.29) is 35.4 Å². The number of likely N-dealkylation sites (tertiary alicyclic amines) is 1. The van der Waals surface area contributed by atoms with Crippen LogP contribution in [0.3, 0.4) is 0 Å². The number of aliphatic hydroxyl groups is 1. The fourth-order valence-electron chi connectivity index (χ4n) is 4.47. The van der Waals surface area contributed by atoms with Gasteiger partial charge in [-0.05, 0) is 13.3 Å². The van der Waals surface area contributed by atoms with Gasteiger partial charge in [-0.1, -0.05) is 18.7 Å². The van der Waals surface area contributed by atoms with E-state index in [9.17, 15) is 19.8 Å². The maximum Gasteiger partial charge on any atom is 0.353 e. The number of carboxylic acid groups (broad SMARTS) is 1. The first-order valence-corrected chi connectivity index (χ1v) is 11.1. The van der Waals surface area contributed by atoms with Gasteiger partial charge in [0.15, 0.2) is 10.3 Å². The Morgan fingerprint density at radius 3 is 2.83 bits per heavy atom. The second kappa shape index (κ2) is 7.29. The van der Waals surface area contributed by atoms with Gasteiger partial charge in [-0.2, -0.15) is 0 Å². The molecule has 0 aliphatic carbocycles. The SMILES string of the molecule is C[C@@H](O)[C@H]1C(=O)N2C(C(=O)O)=C(Sc3nc([C@@H]4CCN(C(=N)N)C4)cs3)[C@H](C)[C@H]12. The second-order valence-electron chi connectivity index (χ2n) is 7.73. The van der Waals surface area contributed by atoms with E-state index >= 15 is 0 Å². The van der Waals surface area contributed by atoms with Crippen molar-refractivity contribution in [3.8, 4) is 0 Å². The van der Waals surface area contributed by atoms with E-state index in [1.54, 1.807) is 6.92 Å². The number of amides is 1. The Kier molecular flexibility index (Phi) is 5.07. The third kappa shape index (κ3) is 3.21. The third-order valence-corrected chi connectivity index (χ3v) is 8.20. The molecule has 1 aromatic heterocycles. The molecule has 0 radical (unpaired) electrons. The third-order valence-electron chi connectivity index (χ3n) is 5.96. The molecule has 0 saturated carbocycles. The van der Waals surface area contributed by atoms with Crippen molar-refractivity contribution in [2.24, 2.45) is 17.6 Å². The molecule has 1 amide bonds. The minimum atomic E-state index is -1.14. The number of aliphatic carboxylic acids is 1. The monoisotopic (exact) mass is 437 g/mol. The molecule has 3 aliphatic rings. The summed E-state index contributed by atoms with van der Waals surface area (Å²) in [5, 5.41) is 29.2. The summed E-state index contributed by atoms with van der Waals surface area (Å²) < 4.78 is 0.727. The minimum absolute atomic E-state index is 0.00905. The summed E-state index contributed by atoms with van der Waals surface area (Å²) in [5.74, 6) is -1.96. The highest BCUT2D eigenvalue weighted by Crippen LogP contribution is 2.52. The highest BCUT2D eigenvalue weighted by atomic mass is 32.2. The number of nitrogens with two attached hydrogens (primary N) is 1. The first-order valence-electron chi connectivity index (χ1n) is 9.41. The van der Waals surface area contributed by atoms with Crippen molar-refractivity contribution >= 4 is 40.9 Å². The topological polar surface area (TPSA) is 144 Å². The lowest BCUT2D eigenvalue weighted by Crippen LogP contribution is -2.63. The highest BCUT2D eigenvalue weighted by molar-refractivity contribution is 8.04. The number of hydrogen-bond donors (Lipinski definition) is 4. The molecule has 29 heavy (non-hydrogen) atoms. The zero-order chi connectivity index (χ0) is 21.0. The number of thioether (sulfide) groups is 1. The van der Waals surface area contributed by atoms with Crippen molar-refractivity contribution in [3.05, 3.63) is 21.7 Å². The van der Waals surface area contributed by atoms with E-state index in [0.29, 0.717) is 11.4 Å². The van der Waals surface area contributed by atoms with Gasteiger partial charge in [0, 0.05) is 35.2 Å². The number of aromatic nitrogens is 1. The summed E-state index contributed by atoms with van der Waals surface area (Å²) in [4.78, 5) is 32.7. The van der Waals surface area contributed by atoms with E-state index in [2.05, 4.69) is 4.98 Å². The van der Waals surface area contributed by atoms with Crippen molar-refractivity contribution < 1.29 is 19.8 Å². The lowest BCUT2D eigenvalue weighted by molar-refractivity contribution is -0.163. The quantitative estimate of drug-likeness (QED) is 0.304. The van der Waals surface area contributed by atoms with Gasteiger partial charge in [-0.15, -0.1) is 11.3 Å². The minimum Gasteiger partial charge on any atom is -0.477 e. The molecule has 2 saturated heterocycles. The van der Waals surface area contributed by atoms with Crippen LogP contribution in [0, 0.1) is 17.2 Å². The number of aliphatic hydroxyl groups excluding tert-OH is 1. The molecule has 11 heteroatoms. The smallest absolute Gasteiger partial charge is 0.353 e. The van der Waals surface area contributed by atoms with Gasteiger partial charge in [0.2, 0.25) is 5.91 Å². The zero-order valence-corrected chi connectivity index (χ0v) is 17.7. The molecular formula is C18H23N5O4S2. The molecule has 1 aromatic rings. The molecule has 3 aliphatic heterocycles. The Labute approximate surface area is 176 Å². The number of carbonyl (C=O) groups excluding carboxylic acids is 1. The van der Waals surface area contributed by atoms with Crippen LogP contribution in [-0.4, -0.2) is 68.1 Å². The van der Waals surface area contributed by atoms with Gasteiger partial charge in [0.25, 0.3) is 0 Å². The Hall–Kier alpha value is -2.11. The Morgan fingerprint density at radius 2 is 2.24 bits per heavy atom. The average molecular weight is 438 g/mol. The summed E-state index contributed by atoms with van der Waals surface area (Å²) >= 11 is 2.74. The van der Waals surface area contributed by atoms with E-state index < -0.39 is 18.0 Å². The molecule has 0 unspecified atom stereocenters. The zero-order valence-electron chi connectivity index (χ0n) is 16.0. The lowest BCUT2D eigenvalue weighted by atomic mass is 9.79. The van der Waals surface area contributed by atoms with E-state index in [1.165, 1.54) is 28.0 Å². The molecule has 4 rings (SSSR count). The van der Waals surface area contributed by atoms with Crippen LogP contribution < -0.4 is 5.73 Å². The van der Waals surface area contributed by atoms with Crippen molar-refractivity contribution in [1.29, 1.82) is 5.41 Å². The summed E-state index contributed by atoms with van der Waals surface area (Å²) in [6.07, 6.45) is 0.0523. The van der Waals surface area contributed by atoms with Crippen LogP contribution in [0.2, 0.25) is 0 Å². The molecule has 4 heterocycles. The highest BCUT2D eigenvalue weighted by Gasteiger charge is 2.60. The van der Waals surface area contributed by atoms with Gasteiger partial charge in [0.1, 0.15) is 5.70 Å². The van der Waals surface area contributed by atoms with Crippen molar-refractivity contribution in [2.75, 3.05) is 13.1 Å². The maximum atomic E-state index is 12.4. The predicted octanol–water partition coefficient (Wildman–Crippen LogP) is 1.07. The molecule has 9 nitrogen and oxygen atoms in total. The van der Waals surface area contributed by atoms with Gasteiger partial charge < -0.3 is 25.7 Å². The number of hydrogen-bond acceptors (Lipinski definition) is 7. The maximum absolute atomic E-state index is 12.4. The molecule has 5 N–H and O–H groups in total. The number of guanidine groups is 1. The number of rotatable bonds is 5. The summed E-state index contributed by atoms with van der Waals surface area (Å²) in [6, 6.07) is -0.325. The van der Waals surface area contributed by atoms with Crippen LogP contribution in [0.15, 0.2) is 20.3 Å². The number of carbonyl (C=O) groups is 2. The Bertz CT molecular complexity index is 914. The summed E-state index contributed by atoms with van der Waals surface area (Å²) in [6.45, 7) is 4.85. The van der Waals surface area contributed by atoms with Crippen LogP contribution in [0.1, 0.15) is 31.9 Å². The predicted molar refractivity (Wildman–Crippen MR) is 108 cm³/mol. The standard InChI is InChI=1S/C18H23N5O4S2/c1-7-12-11(8(2)24)15(25)23(12)13(16(26)27)14(7)29-18-21-10(6-28-18)9-3-4-22(5-9)17(19)20/h6-9,11-12,24H,3-5H2,1-2H3,(H3,19,20)(H,26,27)/t7-,8-,9-,11-,12-/m1/s1. The van der Waals surface area contributed by atoms with E-state index in [1.807, 2.05) is 17.2 Å². The number of carboxylic acids is 1. The van der Waals surface area contributed by atoms with Gasteiger partial charge in [-0.3, -0.25) is 10.2 Å². The molecule has 5 atom stereocenters. The molecule has 0 bridgehead atoms. The Morgan fingerprint density at radius 1 is 1.52 bits per heavy atom. The fraction of sp³-hybridized carbons (Fsp3) is 0.556. The average Bonchev–Trinajstić information content (AvgIpc) is 3.33. The van der Waals surface area contributed by atoms with Crippen LogP contribution in [-0.2, 0) is 9.59 Å². The molecule has 0 spiro atoms. The number of nitrogens with zero attached hydrogens (tertiary/aromatic N) is 3. The van der Waals surface area contributed by atoms with Gasteiger partial charge in [-0.25, -0.2) is 9.78 Å². The first kappa shape index (κ1) is 20.2. The second-order valence-corrected chi connectivity index (χ2v) is 9.88. The van der Waals surface area contributed by atoms with Gasteiger partial charge >= 0.3 is 5.97 Å².